The van der Waals surface area contributed by atoms with Gasteiger partial charge in [0.1, 0.15) is 0 Å². The maximum Gasteiger partial charge on any atom is 0.243 e. The molecule has 1 saturated heterocycles. The Balaban J connectivity index is 1.58. The van der Waals surface area contributed by atoms with E-state index in [2.05, 4.69) is 5.32 Å². The molecule has 1 aliphatic heterocycles. The Bertz CT molecular complexity index is 1110. The Morgan fingerprint density at radius 2 is 1.53 bits per heavy atom. The fourth-order valence-electron chi connectivity index (χ4n) is 3.56. The van der Waals surface area contributed by atoms with Crippen molar-refractivity contribution >= 4 is 26.0 Å². The summed E-state index contributed by atoms with van der Waals surface area (Å²) in [4.78, 5) is 12.8. The maximum absolute atomic E-state index is 12.7. The molecule has 0 unspecified atom stereocenters. The predicted molar refractivity (Wildman–Crippen MR) is 122 cm³/mol. The van der Waals surface area contributed by atoms with Crippen LogP contribution in [-0.2, 0) is 31.4 Å². The normalized spacial score (nSPS) is 15.6. The van der Waals surface area contributed by atoms with Crippen LogP contribution in [0.4, 0.5) is 0 Å². The first-order chi connectivity index (χ1) is 15.2. The van der Waals surface area contributed by atoms with Crippen molar-refractivity contribution in [2.75, 3.05) is 26.2 Å². The van der Waals surface area contributed by atoms with Crippen LogP contribution in [0.3, 0.4) is 0 Å². The number of sulfonamides is 2. The van der Waals surface area contributed by atoms with Gasteiger partial charge in [0.15, 0.2) is 0 Å². The van der Waals surface area contributed by atoms with Gasteiger partial charge in [-0.3, -0.25) is 4.79 Å². The summed E-state index contributed by atoms with van der Waals surface area (Å²) in [6.07, 6.45) is 2.79. The first-order valence-corrected chi connectivity index (χ1v) is 13.5. The molecule has 0 radical (unpaired) electrons. The van der Waals surface area contributed by atoms with E-state index in [0.29, 0.717) is 13.1 Å². The van der Waals surface area contributed by atoms with Gasteiger partial charge in [-0.2, -0.15) is 8.61 Å². The zero-order valence-electron chi connectivity index (χ0n) is 18.1. The molecule has 10 heteroatoms. The molecule has 174 valence electrons. The summed E-state index contributed by atoms with van der Waals surface area (Å²) in [5.41, 5.74) is 0.727. The highest BCUT2D eigenvalue weighted by molar-refractivity contribution is 7.89. The maximum atomic E-state index is 12.7. The Morgan fingerprint density at radius 3 is 2.12 bits per heavy atom. The lowest BCUT2D eigenvalue weighted by molar-refractivity contribution is -0.121. The third-order valence-electron chi connectivity index (χ3n) is 5.42. The van der Waals surface area contributed by atoms with Gasteiger partial charge in [-0.25, -0.2) is 16.8 Å². The molecule has 1 aliphatic rings. The lowest BCUT2D eigenvalue weighted by atomic mass is 10.2. The first kappa shape index (κ1) is 24.4. The van der Waals surface area contributed by atoms with E-state index in [4.69, 9.17) is 0 Å². The van der Waals surface area contributed by atoms with Gasteiger partial charge in [-0.1, -0.05) is 43.7 Å². The summed E-state index contributed by atoms with van der Waals surface area (Å²) >= 11 is 0. The van der Waals surface area contributed by atoms with Crippen LogP contribution in [0, 0.1) is 0 Å². The standard InChI is InChI=1S/C22H29N3O5S2/c1-2-24(31(27,28)20-9-5-3-6-10-20)18-22(26)23-17-19-11-13-21(14-12-19)32(29,30)25-15-7-4-8-16-25/h3,5-6,9-14H,2,4,7-8,15-18H2,1H3,(H,23,26). The minimum absolute atomic E-state index is 0.139. The van der Waals surface area contributed by atoms with E-state index in [1.54, 1.807) is 49.4 Å². The van der Waals surface area contributed by atoms with Gasteiger partial charge in [-0.05, 0) is 42.7 Å². The molecule has 2 aromatic carbocycles. The van der Waals surface area contributed by atoms with Gasteiger partial charge in [0.05, 0.1) is 16.3 Å². The minimum atomic E-state index is -3.76. The Morgan fingerprint density at radius 1 is 0.906 bits per heavy atom. The molecular weight excluding hydrogens is 450 g/mol. The second-order valence-electron chi connectivity index (χ2n) is 7.63. The third-order valence-corrected chi connectivity index (χ3v) is 9.27. The highest BCUT2D eigenvalue weighted by Gasteiger charge is 2.26. The molecule has 3 rings (SSSR count). The molecule has 1 fully saturated rings. The average molecular weight is 480 g/mol. The van der Waals surface area contributed by atoms with Crippen molar-refractivity contribution < 1.29 is 21.6 Å². The molecule has 0 aliphatic carbocycles. The quantitative estimate of drug-likeness (QED) is 0.594. The van der Waals surface area contributed by atoms with Crippen LogP contribution >= 0.6 is 0 Å². The van der Waals surface area contributed by atoms with Crippen LogP contribution in [-0.4, -0.2) is 57.5 Å². The van der Waals surface area contributed by atoms with Crippen LogP contribution in [0.25, 0.3) is 0 Å². The van der Waals surface area contributed by atoms with Crippen LogP contribution in [0.1, 0.15) is 31.7 Å². The number of rotatable bonds is 9. The van der Waals surface area contributed by atoms with Crippen LogP contribution < -0.4 is 5.32 Å². The molecule has 32 heavy (non-hydrogen) atoms. The molecule has 0 spiro atoms. The van der Waals surface area contributed by atoms with Crippen LogP contribution in [0.2, 0.25) is 0 Å². The molecule has 1 amide bonds. The van der Waals surface area contributed by atoms with Crippen molar-refractivity contribution in [3.8, 4) is 0 Å². The smallest absolute Gasteiger partial charge is 0.243 e. The fraction of sp³-hybridized carbons (Fsp3) is 0.409. The van der Waals surface area contributed by atoms with Crippen LogP contribution in [0.5, 0.6) is 0 Å². The first-order valence-electron chi connectivity index (χ1n) is 10.7. The van der Waals surface area contributed by atoms with Gasteiger partial charge >= 0.3 is 0 Å². The van der Waals surface area contributed by atoms with Gasteiger partial charge < -0.3 is 5.32 Å². The molecule has 0 aromatic heterocycles. The lowest BCUT2D eigenvalue weighted by Crippen LogP contribution is -2.40. The summed E-state index contributed by atoms with van der Waals surface area (Å²) < 4.78 is 53.5. The second kappa shape index (κ2) is 10.6. The highest BCUT2D eigenvalue weighted by atomic mass is 32.2. The number of carbonyl (C=O) groups is 1. The molecule has 8 nitrogen and oxygen atoms in total. The summed E-state index contributed by atoms with van der Waals surface area (Å²) in [7, 11) is -7.26. The Labute approximate surface area is 190 Å². The van der Waals surface area contributed by atoms with Gasteiger partial charge in [-0.15, -0.1) is 0 Å². The zero-order chi connectivity index (χ0) is 23.2. The number of likely N-dealkylation sites (N-methyl/N-ethyl adjacent to an activating group) is 1. The Hall–Kier alpha value is -2.27. The lowest BCUT2D eigenvalue weighted by Gasteiger charge is -2.25. The molecule has 0 bridgehead atoms. The number of amides is 1. The number of benzene rings is 2. The van der Waals surface area contributed by atoms with E-state index in [9.17, 15) is 21.6 Å². The van der Waals surface area contributed by atoms with E-state index < -0.39 is 26.0 Å². The number of hydrogen-bond acceptors (Lipinski definition) is 5. The van der Waals surface area contributed by atoms with Crippen LogP contribution in [0.15, 0.2) is 64.4 Å². The van der Waals surface area contributed by atoms with E-state index >= 15 is 0 Å². The number of nitrogens with one attached hydrogen (secondary N) is 1. The van der Waals surface area contributed by atoms with Crippen molar-refractivity contribution in [3.63, 3.8) is 0 Å². The fourth-order valence-corrected chi connectivity index (χ4v) is 6.50. The highest BCUT2D eigenvalue weighted by Crippen LogP contribution is 2.21. The number of nitrogens with zero attached hydrogens (tertiary/aromatic N) is 2. The SMILES string of the molecule is CCN(CC(=O)NCc1ccc(S(=O)(=O)N2CCCCC2)cc1)S(=O)(=O)c1ccccc1. The zero-order valence-corrected chi connectivity index (χ0v) is 19.7. The largest absolute Gasteiger partial charge is 0.351 e. The van der Waals surface area contributed by atoms with E-state index in [1.165, 1.54) is 16.4 Å². The number of piperidine rings is 1. The van der Waals surface area contributed by atoms with Crippen molar-refractivity contribution in [2.24, 2.45) is 0 Å². The molecule has 1 N–H and O–H groups in total. The summed E-state index contributed by atoms with van der Waals surface area (Å²) in [6.45, 7) is 2.80. The molecular formula is C22H29N3O5S2. The molecule has 1 heterocycles. The molecule has 0 saturated carbocycles. The second-order valence-corrected chi connectivity index (χ2v) is 11.5. The monoisotopic (exact) mass is 479 g/mol. The van der Waals surface area contributed by atoms with Crippen molar-refractivity contribution in [2.45, 2.75) is 42.5 Å². The summed E-state index contributed by atoms with van der Waals surface area (Å²) in [5, 5.41) is 2.70. The van der Waals surface area contributed by atoms with E-state index in [0.717, 1.165) is 29.1 Å². The summed E-state index contributed by atoms with van der Waals surface area (Å²) in [5.74, 6) is -0.434. The van der Waals surface area contributed by atoms with Crippen molar-refractivity contribution in [1.29, 1.82) is 0 Å². The molecule has 2 aromatic rings. The van der Waals surface area contributed by atoms with Gasteiger partial charge in [0.25, 0.3) is 0 Å². The van der Waals surface area contributed by atoms with E-state index in [1.807, 2.05) is 0 Å². The topological polar surface area (TPSA) is 104 Å². The summed E-state index contributed by atoms with van der Waals surface area (Å²) in [6, 6.07) is 14.4. The van der Waals surface area contributed by atoms with Gasteiger partial charge in [0, 0.05) is 26.2 Å². The minimum Gasteiger partial charge on any atom is -0.351 e. The van der Waals surface area contributed by atoms with Crippen molar-refractivity contribution in [1.82, 2.24) is 13.9 Å². The Kier molecular flexibility index (Phi) is 8.05. The number of carbonyl (C=O) groups excluding carboxylic acids is 1. The molecule has 0 atom stereocenters. The van der Waals surface area contributed by atoms with E-state index in [-0.39, 0.29) is 29.4 Å². The van der Waals surface area contributed by atoms with Crippen molar-refractivity contribution in [3.05, 3.63) is 60.2 Å². The number of hydrogen-bond donors (Lipinski definition) is 1. The van der Waals surface area contributed by atoms with Gasteiger partial charge in [0.2, 0.25) is 26.0 Å². The average Bonchev–Trinajstić information content (AvgIpc) is 2.82. The third kappa shape index (κ3) is 5.74. The predicted octanol–water partition coefficient (Wildman–Crippen LogP) is 2.19.